The fraction of sp³-hybridized carbons (Fsp3) is 0.0714. The lowest BCUT2D eigenvalue weighted by Gasteiger charge is -2.08. The molecular formula is C14H11Cl2NO3S. The molecule has 0 heterocycles. The quantitative estimate of drug-likeness (QED) is 0.924. The zero-order valence-corrected chi connectivity index (χ0v) is 13.3. The molecule has 0 radical (unpaired) electrons. The van der Waals surface area contributed by atoms with Crippen LogP contribution in [0.15, 0.2) is 47.4 Å². The summed E-state index contributed by atoms with van der Waals surface area (Å²) in [5.74, 6) is -0.422. The Morgan fingerprint density at radius 3 is 2.24 bits per heavy atom. The highest BCUT2D eigenvalue weighted by Gasteiger charge is 2.13. The Morgan fingerprint density at radius 1 is 1.05 bits per heavy atom. The van der Waals surface area contributed by atoms with Crippen LogP contribution >= 0.6 is 23.2 Å². The van der Waals surface area contributed by atoms with E-state index in [0.717, 1.165) is 6.26 Å². The Morgan fingerprint density at radius 2 is 1.67 bits per heavy atom. The third-order valence-electron chi connectivity index (χ3n) is 2.74. The molecule has 1 amide bonds. The molecule has 0 fully saturated rings. The van der Waals surface area contributed by atoms with Crippen molar-refractivity contribution in [1.82, 2.24) is 0 Å². The number of amides is 1. The minimum absolute atomic E-state index is 0.171. The van der Waals surface area contributed by atoms with Crippen LogP contribution in [0.1, 0.15) is 10.4 Å². The first-order valence-electron chi connectivity index (χ1n) is 5.84. The van der Waals surface area contributed by atoms with E-state index in [2.05, 4.69) is 5.32 Å². The fourth-order valence-corrected chi connectivity index (χ4v) is 2.68. The van der Waals surface area contributed by atoms with Gasteiger partial charge in [0.1, 0.15) is 0 Å². The van der Waals surface area contributed by atoms with Crippen molar-refractivity contribution in [3.8, 4) is 0 Å². The summed E-state index contributed by atoms with van der Waals surface area (Å²) in [6.07, 6.45) is 1.12. The van der Waals surface area contributed by atoms with E-state index in [1.54, 1.807) is 18.2 Å². The molecule has 2 aromatic carbocycles. The number of hydrogen-bond donors (Lipinski definition) is 1. The monoisotopic (exact) mass is 343 g/mol. The zero-order chi connectivity index (χ0) is 15.6. The number of halogens is 2. The second-order valence-electron chi connectivity index (χ2n) is 4.35. The summed E-state index contributed by atoms with van der Waals surface area (Å²) in [6, 6.07) is 10.6. The smallest absolute Gasteiger partial charge is 0.257 e. The SMILES string of the molecule is CS(=O)(=O)c1ccc(NC(=O)c2cccc(Cl)c2Cl)cc1. The van der Waals surface area contributed by atoms with Crippen molar-refractivity contribution in [3.63, 3.8) is 0 Å². The van der Waals surface area contributed by atoms with E-state index >= 15 is 0 Å². The van der Waals surface area contributed by atoms with Crippen molar-refractivity contribution in [2.45, 2.75) is 4.90 Å². The fourth-order valence-electron chi connectivity index (χ4n) is 1.66. The molecule has 0 atom stereocenters. The molecule has 0 unspecified atom stereocenters. The van der Waals surface area contributed by atoms with E-state index in [4.69, 9.17) is 23.2 Å². The van der Waals surface area contributed by atoms with Crippen LogP contribution in [-0.2, 0) is 9.84 Å². The molecule has 2 rings (SSSR count). The van der Waals surface area contributed by atoms with Gasteiger partial charge in [-0.05, 0) is 36.4 Å². The molecule has 0 aliphatic carbocycles. The summed E-state index contributed by atoms with van der Waals surface area (Å²) in [6.45, 7) is 0. The van der Waals surface area contributed by atoms with Crippen LogP contribution in [0.25, 0.3) is 0 Å². The maximum Gasteiger partial charge on any atom is 0.257 e. The molecule has 0 saturated carbocycles. The van der Waals surface area contributed by atoms with Gasteiger partial charge in [0.05, 0.1) is 20.5 Å². The van der Waals surface area contributed by atoms with Gasteiger partial charge in [-0.1, -0.05) is 29.3 Å². The zero-order valence-electron chi connectivity index (χ0n) is 10.9. The maximum absolute atomic E-state index is 12.1. The molecule has 0 aliphatic heterocycles. The molecule has 4 nitrogen and oxygen atoms in total. The predicted octanol–water partition coefficient (Wildman–Crippen LogP) is 3.65. The van der Waals surface area contributed by atoms with Crippen LogP contribution in [-0.4, -0.2) is 20.6 Å². The van der Waals surface area contributed by atoms with Gasteiger partial charge in [0.15, 0.2) is 9.84 Å². The van der Waals surface area contributed by atoms with Crippen molar-refractivity contribution < 1.29 is 13.2 Å². The summed E-state index contributed by atoms with van der Waals surface area (Å²) in [7, 11) is -3.26. The number of carbonyl (C=O) groups is 1. The first kappa shape index (κ1) is 15.8. The summed E-state index contributed by atoms with van der Waals surface area (Å²) in [4.78, 5) is 12.3. The van der Waals surface area contributed by atoms with Crippen molar-refractivity contribution in [2.24, 2.45) is 0 Å². The normalized spacial score (nSPS) is 11.2. The summed E-state index contributed by atoms with van der Waals surface area (Å²) in [5, 5.41) is 3.09. The lowest BCUT2D eigenvalue weighted by Crippen LogP contribution is -2.12. The van der Waals surface area contributed by atoms with Crippen LogP contribution < -0.4 is 5.32 Å². The van der Waals surface area contributed by atoms with Crippen LogP contribution in [0.3, 0.4) is 0 Å². The topological polar surface area (TPSA) is 63.2 Å². The minimum Gasteiger partial charge on any atom is -0.322 e. The molecule has 1 N–H and O–H groups in total. The Bertz CT molecular complexity index is 786. The molecule has 7 heteroatoms. The van der Waals surface area contributed by atoms with Gasteiger partial charge >= 0.3 is 0 Å². The number of benzene rings is 2. The summed E-state index contributed by atoms with van der Waals surface area (Å²) in [5.41, 5.74) is 0.708. The average molecular weight is 344 g/mol. The van der Waals surface area contributed by atoms with E-state index in [1.165, 1.54) is 24.3 Å². The number of anilines is 1. The predicted molar refractivity (Wildman–Crippen MR) is 84.0 cm³/mol. The standard InChI is InChI=1S/C14H11Cl2NO3S/c1-21(19,20)10-7-5-9(6-8-10)17-14(18)11-3-2-4-12(15)13(11)16/h2-8H,1H3,(H,17,18). The second kappa shape index (κ2) is 6.05. The number of carbonyl (C=O) groups excluding carboxylic acids is 1. The Labute approximate surface area is 132 Å². The van der Waals surface area contributed by atoms with Crippen molar-refractivity contribution in [2.75, 3.05) is 11.6 Å². The van der Waals surface area contributed by atoms with Crippen LogP contribution in [0, 0.1) is 0 Å². The van der Waals surface area contributed by atoms with E-state index < -0.39 is 15.7 Å². The second-order valence-corrected chi connectivity index (χ2v) is 7.15. The molecule has 0 aromatic heterocycles. The van der Waals surface area contributed by atoms with E-state index in [-0.39, 0.29) is 20.5 Å². The van der Waals surface area contributed by atoms with Gasteiger partial charge in [0.25, 0.3) is 5.91 Å². The number of nitrogens with one attached hydrogen (secondary N) is 1. The Kier molecular flexibility index (Phi) is 4.56. The van der Waals surface area contributed by atoms with Gasteiger partial charge in [-0.2, -0.15) is 0 Å². The highest BCUT2D eigenvalue weighted by molar-refractivity contribution is 7.90. The lowest BCUT2D eigenvalue weighted by atomic mass is 10.2. The molecule has 0 saturated heterocycles. The minimum atomic E-state index is -3.26. The molecule has 0 bridgehead atoms. The highest BCUT2D eigenvalue weighted by atomic mass is 35.5. The molecule has 110 valence electrons. The van der Waals surface area contributed by atoms with Crippen LogP contribution in [0.4, 0.5) is 5.69 Å². The lowest BCUT2D eigenvalue weighted by molar-refractivity contribution is 0.102. The van der Waals surface area contributed by atoms with Gasteiger partial charge in [-0.25, -0.2) is 8.42 Å². The summed E-state index contributed by atoms with van der Waals surface area (Å²) < 4.78 is 22.7. The Balaban J connectivity index is 2.22. The van der Waals surface area contributed by atoms with E-state index in [0.29, 0.717) is 5.69 Å². The van der Waals surface area contributed by atoms with Gasteiger partial charge in [-0.3, -0.25) is 4.79 Å². The molecule has 0 spiro atoms. The number of rotatable bonds is 3. The van der Waals surface area contributed by atoms with Crippen molar-refractivity contribution in [1.29, 1.82) is 0 Å². The van der Waals surface area contributed by atoms with Crippen LogP contribution in [0.2, 0.25) is 10.0 Å². The molecule has 21 heavy (non-hydrogen) atoms. The van der Waals surface area contributed by atoms with Gasteiger partial charge < -0.3 is 5.32 Å². The van der Waals surface area contributed by atoms with Gasteiger partial charge in [0.2, 0.25) is 0 Å². The third-order valence-corrected chi connectivity index (χ3v) is 4.68. The molecular weight excluding hydrogens is 333 g/mol. The summed E-state index contributed by atoms with van der Waals surface area (Å²) >= 11 is 11.8. The van der Waals surface area contributed by atoms with Crippen molar-refractivity contribution in [3.05, 3.63) is 58.1 Å². The van der Waals surface area contributed by atoms with E-state index in [1.807, 2.05) is 0 Å². The molecule has 2 aromatic rings. The third kappa shape index (κ3) is 3.75. The highest BCUT2D eigenvalue weighted by Crippen LogP contribution is 2.26. The first-order chi connectivity index (χ1) is 9.79. The largest absolute Gasteiger partial charge is 0.322 e. The average Bonchev–Trinajstić information content (AvgIpc) is 2.41. The Hall–Kier alpha value is -1.56. The van der Waals surface area contributed by atoms with Gasteiger partial charge in [-0.15, -0.1) is 0 Å². The van der Waals surface area contributed by atoms with Crippen LogP contribution in [0.5, 0.6) is 0 Å². The van der Waals surface area contributed by atoms with E-state index in [9.17, 15) is 13.2 Å². The first-order valence-corrected chi connectivity index (χ1v) is 8.49. The number of sulfone groups is 1. The maximum atomic E-state index is 12.1. The van der Waals surface area contributed by atoms with Crippen molar-refractivity contribution >= 4 is 44.6 Å². The van der Waals surface area contributed by atoms with Gasteiger partial charge in [0, 0.05) is 11.9 Å². The number of hydrogen-bond acceptors (Lipinski definition) is 3. The molecule has 0 aliphatic rings.